The number of carboxylic acid groups (broad SMARTS) is 2. The molecule has 3 aromatic carbocycles. The molecule has 0 bridgehead atoms. The second-order valence-corrected chi connectivity index (χ2v) is 7.53. The third kappa shape index (κ3) is 11.6. The lowest BCUT2D eigenvalue weighted by molar-refractivity contribution is -0.114. The normalized spacial score (nSPS) is 10.1. The highest BCUT2D eigenvalue weighted by atomic mass is 35.5. The Morgan fingerprint density at radius 3 is 1.17 bits per heavy atom. The summed E-state index contributed by atoms with van der Waals surface area (Å²) in [5.41, 5.74) is 11.0. The van der Waals surface area contributed by atoms with Crippen molar-refractivity contribution in [2.45, 2.75) is 0 Å². The van der Waals surface area contributed by atoms with Crippen molar-refractivity contribution >= 4 is 59.1 Å². The maximum absolute atomic E-state index is 10.6. The minimum absolute atomic E-state index is 0.00840. The fraction of sp³-hybridized carbons (Fsp3) is 0. The molecule has 0 saturated heterocycles. The molecule has 0 radical (unpaired) electrons. The van der Waals surface area contributed by atoms with Crippen molar-refractivity contribution in [1.29, 1.82) is 0 Å². The molecule has 0 aliphatic heterocycles. The van der Waals surface area contributed by atoms with E-state index in [0.717, 1.165) is 23.3 Å². The largest absolute Gasteiger partial charge is 0.478 e. The van der Waals surface area contributed by atoms with Gasteiger partial charge in [0.2, 0.25) is 11.8 Å². The number of primary amides is 2. The molecule has 8 nitrogen and oxygen atoms in total. The molecule has 10 heteroatoms. The maximum Gasteiger partial charge on any atom is 0.336 e. The summed E-state index contributed by atoms with van der Waals surface area (Å²) in [5.74, 6) is -3.57. The second-order valence-electron chi connectivity index (χ2n) is 6.71. The van der Waals surface area contributed by atoms with Crippen molar-refractivity contribution in [3.8, 4) is 0 Å². The molecular weight excluding hydrogens is 507 g/mol. The van der Waals surface area contributed by atoms with Gasteiger partial charge in [-0.2, -0.15) is 0 Å². The molecular formula is C26H22Cl2N2O6. The van der Waals surface area contributed by atoms with Crippen molar-refractivity contribution in [3.05, 3.63) is 117 Å². The third-order valence-electron chi connectivity index (χ3n) is 4.00. The zero-order chi connectivity index (χ0) is 27.1. The standard InChI is InChI=1S/2C9H9NO.C8H4Cl2O4/c2*10-9(11)7-6-8-4-2-1-3-5-8;9-5-1-3(7(11)12)4(8(13)14)2-6(5)10/h2*1-7H,(H2,10,11);1-2H,(H,11,12)(H,13,14)/b2*7-6+;. The van der Waals surface area contributed by atoms with Crippen LogP contribution in [0.5, 0.6) is 0 Å². The van der Waals surface area contributed by atoms with Crippen LogP contribution in [0, 0.1) is 0 Å². The number of hydrogen-bond acceptors (Lipinski definition) is 4. The van der Waals surface area contributed by atoms with Gasteiger partial charge in [0.25, 0.3) is 0 Å². The number of nitrogens with two attached hydrogens (primary N) is 2. The highest BCUT2D eigenvalue weighted by Crippen LogP contribution is 2.26. The van der Waals surface area contributed by atoms with Gasteiger partial charge in [0.05, 0.1) is 21.2 Å². The molecule has 0 spiro atoms. The number of halogens is 2. The molecule has 186 valence electrons. The van der Waals surface area contributed by atoms with Crippen LogP contribution >= 0.6 is 23.2 Å². The number of carbonyl (C=O) groups is 4. The lowest BCUT2D eigenvalue weighted by Gasteiger charge is -2.03. The van der Waals surface area contributed by atoms with Gasteiger partial charge in [0.1, 0.15) is 0 Å². The summed E-state index contributed by atoms with van der Waals surface area (Å²) in [6.07, 6.45) is 6.05. The minimum atomic E-state index is -1.36. The van der Waals surface area contributed by atoms with Crippen LogP contribution in [0.1, 0.15) is 31.8 Å². The van der Waals surface area contributed by atoms with Crippen LogP contribution in [0.4, 0.5) is 0 Å². The van der Waals surface area contributed by atoms with Gasteiger partial charge in [0, 0.05) is 12.2 Å². The predicted molar refractivity (Wildman–Crippen MR) is 140 cm³/mol. The number of carbonyl (C=O) groups excluding carboxylic acids is 2. The van der Waals surface area contributed by atoms with E-state index in [9.17, 15) is 19.2 Å². The van der Waals surface area contributed by atoms with Crippen LogP contribution in [-0.2, 0) is 9.59 Å². The summed E-state index contributed by atoms with van der Waals surface area (Å²) < 4.78 is 0. The Labute approximate surface area is 217 Å². The van der Waals surface area contributed by atoms with Gasteiger partial charge in [-0.25, -0.2) is 9.59 Å². The van der Waals surface area contributed by atoms with Crippen LogP contribution < -0.4 is 11.5 Å². The first kappa shape index (κ1) is 29.6. The van der Waals surface area contributed by atoms with Crippen LogP contribution in [0.3, 0.4) is 0 Å². The van der Waals surface area contributed by atoms with Crippen molar-refractivity contribution in [1.82, 2.24) is 0 Å². The topological polar surface area (TPSA) is 161 Å². The first-order chi connectivity index (χ1) is 17.0. The van der Waals surface area contributed by atoms with Gasteiger partial charge in [0.15, 0.2) is 0 Å². The van der Waals surface area contributed by atoms with E-state index in [-0.39, 0.29) is 21.2 Å². The molecule has 36 heavy (non-hydrogen) atoms. The average Bonchev–Trinajstić information content (AvgIpc) is 2.84. The number of rotatable bonds is 6. The van der Waals surface area contributed by atoms with Crippen molar-refractivity contribution < 1.29 is 29.4 Å². The molecule has 0 atom stereocenters. The van der Waals surface area contributed by atoms with E-state index < -0.39 is 23.8 Å². The smallest absolute Gasteiger partial charge is 0.336 e. The fourth-order valence-electron chi connectivity index (χ4n) is 2.39. The Bertz CT molecular complexity index is 1160. The summed E-state index contributed by atoms with van der Waals surface area (Å²) in [6, 6.07) is 21.1. The molecule has 3 aromatic rings. The SMILES string of the molecule is NC(=O)/C=C/c1ccccc1.NC(=O)/C=C/c1ccccc1.O=C(O)c1cc(Cl)c(Cl)cc1C(=O)O. The highest BCUT2D eigenvalue weighted by molar-refractivity contribution is 6.42. The Morgan fingerprint density at radius 2 is 0.917 bits per heavy atom. The number of amides is 2. The van der Waals surface area contributed by atoms with Gasteiger partial charge in [-0.05, 0) is 35.4 Å². The van der Waals surface area contributed by atoms with Gasteiger partial charge in [-0.1, -0.05) is 83.9 Å². The van der Waals surface area contributed by atoms with E-state index in [4.69, 9.17) is 44.9 Å². The van der Waals surface area contributed by atoms with Gasteiger partial charge in [-0.3, -0.25) is 9.59 Å². The van der Waals surface area contributed by atoms with Gasteiger partial charge in [-0.15, -0.1) is 0 Å². The quantitative estimate of drug-likeness (QED) is 0.337. The first-order valence-corrected chi connectivity index (χ1v) is 10.8. The molecule has 0 unspecified atom stereocenters. The molecule has 0 aliphatic rings. The fourth-order valence-corrected chi connectivity index (χ4v) is 2.71. The van der Waals surface area contributed by atoms with Crippen LogP contribution in [-0.4, -0.2) is 34.0 Å². The lowest BCUT2D eigenvalue weighted by Crippen LogP contribution is -2.07. The van der Waals surface area contributed by atoms with E-state index in [1.807, 2.05) is 60.7 Å². The first-order valence-electron chi connectivity index (χ1n) is 10.0. The number of carboxylic acids is 2. The van der Waals surface area contributed by atoms with E-state index in [2.05, 4.69) is 0 Å². The van der Waals surface area contributed by atoms with Crippen LogP contribution in [0.2, 0.25) is 10.0 Å². The third-order valence-corrected chi connectivity index (χ3v) is 4.72. The zero-order valence-electron chi connectivity index (χ0n) is 18.7. The molecule has 0 aliphatic carbocycles. The maximum atomic E-state index is 10.6. The molecule has 6 N–H and O–H groups in total. The van der Waals surface area contributed by atoms with Crippen molar-refractivity contribution in [2.75, 3.05) is 0 Å². The van der Waals surface area contributed by atoms with Gasteiger partial charge < -0.3 is 21.7 Å². The molecule has 0 aromatic heterocycles. The number of hydrogen-bond donors (Lipinski definition) is 4. The summed E-state index contributed by atoms with van der Waals surface area (Å²) >= 11 is 11.1. The minimum Gasteiger partial charge on any atom is -0.478 e. The predicted octanol–water partition coefficient (Wildman–Crippen LogP) is 4.76. The molecule has 0 fully saturated rings. The average molecular weight is 529 g/mol. The summed E-state index contributed by atoms with van der Waals surface area (Å²) in [6.45, 7) is 0. The van der Waals surface area contributed by atoms with E-state index in [1.54, 1.807) is 12.2 Å². The highest BCUT2D eigenvalue weighted by Gasteiger charge is 2.18. The lowest BCUT2D eigenvalue weighted by atomic mass is 10.1. The van der Waals surface area contributed by atoms with Crippen molar-refractivity contribution in [2.24, 2.45) is 11.5 Å². The summed E-state index contributed by atoms with van der Waals surface area (Å²) in [7, 11) is 0. The van der Waals surface area contributed by atoms with E-state index in [0.29, 0.717) is 0 Å². The summed E-state index contributed by atoms with van der Waals surface area (Å²) in [5, 5.41) is 17.3. The second kappa shape index (κ2) is 15.5. The Kier molecular flexibility index (Phi) is 12.8. The number of benzene rings is 3. The van der Waals surface area contributed by atoms with Gasteiger partial charge >= 0.3 is 11.9 Å². The van der Waals surface area contributed by atoms with E-state index in [1.165, 1.54) is 12.2 Å². The van der Waals surface area contributed by atoms with E-state index >= 15 is 0 Å². The summed E-state index contributed by atoms with van der Waals surface area (Å²) in [4.78, 5) is 41.9. The van der Waals surface area contributed by atoms with Crippen molar-refractivity contribution in [3.63, 3.8) is 0 Å². The molecule has 2 amide bonds. The Balaban J connectivity index is 0.000000273. The van der Waals surface area contributed by atoms with Crippen LogP contribution in [0.25, 0.3) is 12.2 Å². The Hall–Kier alpha value is -4.40. The van der Waals surface area contributed by atoms with Crippen LogP contribution in [0.15, 0.2) is 84.9 Å². The zero-order valence-corrected chi connectivity index (χ0v) is 20.2. The monoisotopic (exact) mass is 528 g/mol. The molecule has 3 rings (SSSR count). The molecule has 0 saturated carbocycles. The molecule has 0 heterocycles. The Morgan fingerprint density at radius 1 is 0.611 bits per heavy atom. The number of aromatic carboxylic acids is 2.